The zero-order valence-electron chi connectivity index (χ0n) is 13.8. The highest BCUT2D eigenvalue weighted by Gasteiger charge is 2.25. The molecule has 0 unspecified atom stereocenters. The number of amides is 1. The Morgan fingerprint density at radius 2 is 1.60 bits per heavy atom. The van der Waals surface area contributed by atoms with Gasteiger partial charge >= 0.3 is 6.61 Å². The van der Waals surface area contributed by atoms with E-state index in [1.54, 1.807) is 17.0 Å². The van der Waals surface area contributed by atoms with E-state index in [9.17, 15) is 13.6 Å². The molecule has 1 aliphatic heterocycles. The van der Waals surface area contributed by atoms with Crippen molar-refractivity contribution < 1.29 is 18.3 Å². The summed E-state index contributed by atoms with van der Waals surface area (Å²) in [6.07, 6.45) is 0. The molecular weight excluding hydrogens is 326 g/mol. The maximum atomic E-state index is 12.6. The minimum atomic E-state index is -2.95. The molecule has 0 aromatic heterocycles. The van der Waals surface area contributed by atoms with E-state index in [2.05, 4.69) is 21.8 Å². The molecule has 1 heterocycles. The van der Waals surface area contributed by atoms with Crippen molar-refractivity contribution in [2.45, 2.75) is 13.2 Å². The number of rotatable bonds is 5. The number of alkyl halides is 2. The molecule has 2 aromatic rings. The smallest absolute Gasteiger partial charge is 0.387 e. The van der Waals surface area contributed by atoms with Crippen LogP contribution in [0.4, 0.5) is 8.78 Å². The molecule has 1 aliphatic rings. The third-order valence-corrected chi connectivity index (χ3v) is 4.24. The molecule has 1 fully saturated rings. The molecule has 1 saturated heterocycles. The topological polar surface area (TPSA) is 32.8 Å². The fraction of sp³-hybridized carbons (Fsp3) is 0.316. The Labute approximate surface area is 145 Å². The van der Waals surface area contributed by atoms with E-state index in [1.807, 2.05) is 18.2 Å². The van der Waals surface area contributed by atoms with Crippen molar-refractivity contribution in [1.29, 1.82) is 0 Å². The molecule has 2 aromatic carbocycles. The van der Waals surface area contributed by atoms with Gasteiger partial charge in [0.1, 0.15) is 5.75 Å². The minimum Gasteiger partial charge on any atom is -0.434 e. The lowest BCUT2D eigenvalue weighted by Gasteiger charge is -2.35. The number of ether oxygens (including phenoxy) is 1. The number of carbonyl (C=O) groups is 1. The van der Waals surface area contributed by atoms with Gasteiger partial charge in [-0.25, -0.2) is 0 Å². The van der Waals surface area contributed by atoms with Gasteiger partial charge < -0.3 is 9.64 Å². The number of carbonyl (C=O) groups excluding carboxylic acids is 1. The van der Waals surface area contributed by atoms with Crippen LogP contribution in [0, 0.1) is 0 Å². The highest BCUT2D eigenvalue weighted by molar-refractivity contribution is 5.97. The first-order chi connectivity index (χ1) is 12.1. The second-order valence-electron chi connectivity index (χ2n) is 5.93. The Kier molecular flexibility index (Phi) is 5.60. The summed E-state index contributed by atoms with van der Waals surface area (Å²) in [5.74, 6) is -0.343. The van der Waals surface area contributed by atoms with Gasteiger partial charge in [-0.1, -0.05) is 42.5 Å². The summed E-state index contributed by atoms with van der Waals surface area (Å²) in [5.41, 5.74) is 1.41. The lowest BCUT2D eigenvalue weighted by Crippen LogP contribution is -2.48. The van der Waals surface area contributed by atoms with Crippen molar-refractivity contribution >= 4 is 5.91 Å². The second-order valence-corrected chi connectivity index (χ2v) is 5.93. The molecule has 0 aliphatic carbocycles. The summed E-state index contributed by atoms with van der Waals surface area (Å²) >= 11 is 0. The van der Waals surface area contributed by atoms with Crippen LogP contribution in [0.25, 0.3) is 0 Å². The SMILES string of the molecule is O=C(c1ccccc1OC(F)F)N1CCN(Cc2ccccc2)CC1. The van der Waals surface area contributed by atoms with E-state index in [0.717, 1.165) is 19.6 Å². The molecule has 6 heteroatoms. The lowest BCUT2D eigenvalue weighted by atomic mass is 10.1. The van der Waals surface area contributed by atoms with E-state index in [4.69, 9.17) is 0 Å². The van der Waals surface area contributed by atoms with Gasteiger partial charge in [0.15, 0.2) is 0 Å². The standard InChI is InChI=1S/C19H20F2N2O2/c20-19(21)25-17-9-5-4-8-16(17)18(24)23-12-10-22(11-13-23)14-15-6-2-1-3-7-15/h1-9,19H,10-14H2. The van der Waals surface area contributed by atoms with Gasteiger partial charge in [-0.2, -0.15) is 8.78 Å². The lowest BCUT2D eigenvalue weighted by molar-refractivity contribution is -0.0503. The summed E-state index contributed by atoms with van der Waals surface area (Å²) < 4.78 is 29.5. The highest BCUT2D eigenvalue weighted by Crippen LogP contribution is 2.22. The Hall–Kier alpha value is -2.47. The molecule has 0 saturated carbocycles. The third kappa shape index (κ3) is 4.54. The molecule has 0 N–H and O–H groups in total. The normalized spacial score (nSPS) is 15.4. The van der Waals surface area contributed by atoms with Gasteiger partial charge in [0.25, 0.3) is 5.91 Å². The quantitative estimate of drug-likeness (QED) is 0.833. The van der Waals surface area contributed by atoms with Gasteiger partial charge in [0.2, 0.25) is 0 Å². The van der Waals surface area contributed by atoms with Crippen molar-refractivity contribution in [1.82, 2.24) is 9.80 Å². The van der Waals surface area contributed by atoms with Crippen LogP contribution in [0.5, 0.6) is 5.75 Å². The number of nitrogens with zero attached hydrogens (tertiary/aromatic N) is 2. The Morgan fingerprint density at radius 3 is 2.28 bits per heavy atom. The van der Waals surface area contributed by atoms with Crippen LogP contribution in [0.1, 0.15) is 15.9 Å². The van der Waals surface area contributed by atoms with E-state index >= 15 is 0 Å². The molecule has 132 valence electrons. The van der Waals surface area contributed by atoms with Crippen LogP contribution in [0.15, 0.2) is 54.6 Å². The molecule has 0 atom stereocenters. The minimum absolute atomic E-state index is 0.0748. The number of halogens is 2. The molecular formula is C19H20F2N2O2. The van der Waals surface area contributed by atoms with Gasteiger partial charge in [-0.05, 0) is 17.7 Å². The molecule has 1 amide bonds. The predicted octanol–water partition coefficient (Wildman–Crippen LogP) is 3.25. The highest BCUT2D eigenvalue weighted by atomic mass is 19.3. The van der Waals surface area contributed by atoms with Crippen LogP contribution < -0.4 is 4.74 Å². The first-order valence-electron chi connectivity index (χ1n) is 8.23. The van der Waals surface area contributed by atoms with E-state index in [1.165, 1.54) is 17.7 Å². The summed E-state index contributed by atoms with van der Waals surface area (Å²) in [6.45, 7) is 0.519. The van der Waals surface area contributed by atoms with Crippen LogP contribution >= 0.6 is 0 Å². The summed E-state index contributed by atoms with van der Waals surface area (Å²) in [6, 6.07) is 16.3. The van der Waals surface area contributed by atoms with E-state index in [-0.39, 0.29) is 17.2 Å². The maximum absolute atomic E-state index is 12.6. The van der Waals surface area contributed by atoms with Gasteiger partial charge in [0.05, 0.1) is 5.56 Å². The number of piperazine rings is 1. The summed E-state index contributed by atoms with van der Waals surface area (Å²) in [4.78, 5) is 16.6. The monoisotopic (exact) mass is 346 g/mol. The van der Waals surface area contributed by atoms with Crippen molar-refractivity contribution in [2.75, 3.05) is 26.2 Å². The van der Waals surface area contributed by atoms with Crippen LogP contribution in [-0.2, 0) is 6.54 Å². The molecule has 0 spiro atoms. The zero-order chi connectivity index (χ0) is 17.6. The molecule has 4 nitrogen and oxygen atoms in total. The maximum Gasteiger partial charge on any atom is 0.387 e. The van der Waals surface area contributed by atoms with Gasteiger partial charge in [-0.15, -0.1) is 0 Å². The summed E-state index contributed by atoms with van der Waals surface area (Å²) in [7, 11) is 0. The van der Waals surface area contributed by atoms with Crippen molar-refractivity contribution in [2.24, 2.45) is 0 Å². The van der Waals surface area contributed by atoms with Gasteiger partial charge in [-0.3, -0.25) is 9.69 Å². The number of benzene rings is 2. The first-order valence-corrected chi connectivity index (χ1v) is 8.23. The average Bonchev–Trinajstić information content (AvgIpc) is 2.63. The van der Waals surface area contributed by atoms with Crippen molar-refractivity contribution in [3.63, 3.8) is 0 Å². The molecule has 3 rings (SSSR count). The van der Waals surface area contributed by atoms with Crippen molar-refractivity contribution in [3.8, 4) is 5.75 Å². The average molecular weight is 346 g/mol. The summed E-state index contributed by atoms with van der Waals surface area (Å²) in [5, 5.41) is 0. The fourth-order valence-electron chi connectivity index (χ4n) is 2.96. The number of hydrogen-bond donors (Lipinski definition) is 0. The predicted molar refractivity (Wildman–Crippen MR) is 90.7 cm³/mol. The van der Waals surface area contributed by atoms with Crippen LogP contribution in [0.2, 0.25) is 0 Å². The molecule has 0 bridgehead atoms. The van der Waals surface area contributed by atoms with E-state index < -0.39 is 6.61 Å². The fourth-order valence-corrected chi connectivity index (χ4v) is 2.96. The number of hydrogen-bond acceptors (Lipinski definition) is 3. The molecule has 0 radical (unpaired) electrons. The van der Waals surface area contributed by atoms with Crippen LogP contribution in [0.3, 0.4) is 0 Å². The third-order valence-electron chi connectivity index (χ3n) is 4.24. The van der Waals surface area contributed by atoms with Gasteiger partial charge in [0, 0.05) is 32.7 Å². The first kappa shape index (κ1) is 17.4. The Balaban J connectivity index is 1.60. The Bertz CT molecular complexity index is 702. The largest absolute Gasteiger partial charge is 0.434 e. The Morgan fingerprint density at radius 1 is 0.960 bits per heavy atom. The van der Waals surface area contributed by atoms with Crippen molar-refractivity contribution in [3.05, 3.63) is 65.7 Å². The molecule has 25 heavy (non-hydrogen) atoms. The van der Waals surface area contributed by atoms with Crippen LogP contribution in [-0.4, -0.2) is 48.5 Å². The van der Waals surface area contributed by atoms with E-state index in [0.29, 0.717) is 13.1 Å². The second kappa shape index (κ2) is 8.07. The zero-order valence-corrected chi connectivity index (χ0v) is 13.8. The number of para-hydroxylation sites is 1.